The average molecular weight is 340 g/mol. The summed E-state index contributed by atoms with van der Waals surface area (Å²) >= 11 is 0. The molecule has 0 saturated carbocycles. The first-order valence-corrected chi connectivity index (χ1v) is 7.46. The van der Waals surface area contributed by atoms with E-state index in [9.17, 15) is 35.7 Å². The van der Waals surface area contributed by atoms with E-state index in [1.54, 1.807) is 0 Å². The highest BCUT2D eigenvalue weighted by Gasteiger charge is 2.46. The van der Waals surface area contributed by atoms with Gasteiger partial charge in [0.05, 0.1) is 18.8 Å². The lowest BCUT2D eigenvalue weighted by molar-refractivity contribution is -0.285. The minimum Gasteiger partial charge on any atom is -0.394 e. The number of hydrogen-bond donors (Lipinski definition) is 8. The Balaban J connectivity index is 1.94. The summed E-state index contributed by atoms with van der Waals surface area (Å²) in [5, 5.41) is 76.7. The monoisotopic (exact) mass is 340 g/mol. The molecule has 0 radical (unpaired) electrons. The summed E-state index contributed by atoms with van der Waals surface area (Å²) in [4.78, 5) is 0. The zero-order valence-corrected chi connectivity index (χ0v) is 12.3. The van der Waals surface area contributed by atoms with Crippen LogP contribution in [0.1, 0.15) is 12.8 Å². The van der Waals surface area contributed by atoms with Crippen molar-refractivity contribution in [3.63, 3.8) is 0 Å². The van der Waals surface area contributed by atoms with Crippen LogP contribution in [0, 0.1) is 0 Å². The lowest BCUT2D eigenvalue weighted by atomic mass is 9.90. The summed E-state index contributed by atoms with van der Waals surface area (Å²) in [6.07, 6.45) is -13.6. The second-order valence-electron chi connectivity index (χ2n) is 5.98. The van der Waals surface area contributed by atoms with Crippen LogP contribution in [0.25, 0.3) is 0 Å². The Morgan fingerprint density at radius 3 is 1.48 bits per heavy atom. The highest BCUT2D eigenvalue weighted by molar-refractivity contribution is 4.94. The quantitative estimate of drug-likeness (QED) is 0.248. The van der Waals surface area contributed by atoms with Crippen molar-refractivity contribution < 1.29 is 50.3 Å². The summed E-state index contributed by atoms with van der Waals surface area (Å²) in [5.41, 5.74) is 0. The smallest absolute Gasteiger partial charge is 0.183 e. The summed E-state index contributed by atoms with van der Waals surface area (Å²) in [5.74, 6) is 0. The normalized spacial score (nSPS) is 51.7. The van der Waals surface area contributed by atoms with Gasteiger partial charge in [-0.1, -0.05) is 0 Å². The van der Waals surface area contributed by atoms with Crippen molar-refractivity contribution in [3.05, 3.63) is 0 Å². The molecule has 10 heteroatoms. The molecule has 10 atom stereocenters. The van der Waals surface area contributed by atoms with E-state index in [1.165, 1.54) is 0 Å². The number of ether oxygens (including phenoxy) is 2. The predicted molar refractivity (Wildman–Crippen MR) is 71.9 cm³/mol. The van der Waals surface area contributed by atoms with Gasteiger partial charge in [-0.3, -0.25) is 0 Å². The molecule has 0 aromatic carbocycles. The third kappa shape index (κ3) is 3.82. The third-order valence-corrected chi connectivity index (χ3v) is 4.41. The molecule has 23 heavy (non-hydrogen) atoms. The SMILES string of the molecule is OC[C@H]1O[C@H](CC[C@H]2OC(O)[C@H](O)[C@@H](O)[C@H]2O)[C@H](O)[C@@H](O)[C@@H]1O. The van der Waals surface area contributed by atoms with Crippen LogP contribution in [0.2, 0.25) is 0 Å². The molecule has 2 aliphatic rings. The van der Waals surface area contributed by atoms with E-state index >= 15 is 0 Å². The van der Waals surface area contributed by atoms with E-state index in [-0.39, 0.29) is 12.8 Å². The predicted octanol–water partition coefficient (Wildman–Crippen LogP) is -4.59. The highest BCUT2D eigenvalue weighted by atomic mass is 16.6. The van der Waals surface area contributed by atoms with E-state index < -0.39 is 67.8 Å². The Bertz CT molecular complexity index is 380. The number of rotatable bonds is 4. The van der Waals surface area contributed by atoms with Crippen LogP contribution in [0.4, 0.5) is 0 Å². The van der Waals surface area contributed by atoms with Crippen LogP contribution in [-0.4, -0.2) is 109 Å². The van der Waals surface area contributed by atoms with Crippen molar-refractivity contribution >= 4 is 0 Å². The van der Waals surface area contributed by atoms with E-state index in [4.69, 9.17) is 14.6 Å². The van der Waals surface area contributed by atoms with Gasteiger partial charge in [0.25, 0.3) is 0 Å². The van der Waals surface area contributed by atoms with Gasteiger partial charge in [0.15, 0.2) is 6.29 Å². The summed E-state index contributed by atoms with van der Waals surface area (Å²) in [6.45, 7) is -0.548. The fourth-order valence-electron chi connectivity index (χ4n) is 2.92. The average Bonchev–Trinajstić information content (AvgIpc) is 2.54. The molecule has 2 saturated heterocycles. The molecule has 2 rings (SSSR count). The molecule has 0 bridgehead atoms. The Hall–Kier alpha value is -0.400. The van der Waals surface area contributed by atoms with Gasteiger partial charge in [-0.2, -0.15) is 0 Å². The molecule has 2 aliphatic heterocycles. The van der Waals surface area contributed by atoms with Crippen LogP contribution >= 0.6 is 0 Å². The van der Waals surface area contributed by atoms with Crippen molar-refractivity contribution in [1.82, 2.24) is 0 Å². The fourth-order valence-corrected chi connectivity index (χ4v) is 2.92. The first kappa shape index (κ1) is 18.9. The van der Waals surface area contributed by atoms with E-state index in [0.717, 1.165) is 0 Å². The van der Waals surface area contributed by atoms with Gasteiger partial charge in [0.1, 0.15) is 42.7 Å². The summed E-state index contributed by atoms with van der Waals surface area (Å²) < 4.78 is 10.3. The van der Waals surface area contributed by atoms with Crippen LogP contribution < -0.4 is 0 Å². The van der Waals surface area contributed by atoms with Crippen molar-refractivity contribution in [3.8, 4) is 0 Å². The van der Waals surface area contributed by atoms with Gasteiger partial charge in [-0.05, 0) is 12.8 Å². The van der Waals surface area contributed by atoms with Crippen LogP contribution in [-0.2, 0) is 9.47 Å². The number of aliphatic hydroxyl groups is 8. The van der Waals surface area contributed by atoms with E-state index in [0.29, 0.717) is 0 Å². The Morgan fingerprint density at radius 2 is 0.957 bits per heavy atom. The molecule has 2 fully saturated rings. The molecule has 1 unspecified atom stereocenters. The molecule has 0 aliphatic carbocycles. The second kappa shape index (κ2) is 7.66. The zero-order valence-electron chi connectivity index (χ0n) is 12.3. The van der Waals surface area contributed by atoms with E-state index in [1.807, 2.05) is 0 Å². The van der Waals surface area contributed by atoms with Gasteiger partial charge >= 0.3 is 0 Å². The van der Waals surface area contributed by atoms with Crippen LogP contribution in [0.5, 0.6) is 0 Å². The first-order chi connectivity index (χ1) is 10.8. The minimum absolute atomic E-state index is 0.0324. The highest BCUT2D eigenvalue weighted by Crippen LogP contribution is 2.28. The van der Waals surface area contributed by atoms with Gasteiger partial charge in [-0.25, -0.2) is 0 Å². The van der Waals surface area contributed by atoms with Crippen LogP contribution in [0.3, 0.4) is 0 Å². The molecule has 0 amide bonds. The maximum Gasteiger partial charge on any atom is 0.183 e. The second-order valence-corrected chi connectivity index (χ2v) is 5.98. The summed E-state index contributed by atoms with van der Waals surface area (Å²) in [7, 11) is 0. The van der Waals surface area contributed by atoms with Gasteiger partial charge < -0.3 is 50.3 Å². The molecule has 10 nitrogen and oxygen atoms in total. The Morgan fingerprint density at radius 1 is 0.522 bits per heavy atom. The molecule has 8 N–H and O–H groups in total. The van der Waals surface area contributed by atoms with Crippen molar-refractivity contribution in [1.29, 1.82) is 0 Å². The fraction of sp³-hybridized carbons (Fsp3) is 1.00. The topological polar surface area (TPSA) is 180 Å². The third-order valence-electron chi connectivity index (χ3n) is 4.41. The standard InChI is InChI=1S/C13H24O10/c14-3-6-9(17)10(18)7(15)4(22-6)1-2-5-8(16)11(19)12(20)13(21)23-5/h4-21H,1-3H2/t4-,5-,6-,7+,8+,9-,10-,11+,12-,13?/m1/s1. The first-order valence-electron chi connectivity index (χ1n) is 7.46. The van der Waals surface area contributed by atoms with Crippen molar-refractivity contribution in [2.75, 3.05) is 6.61 Å². The largest absolute Gasteiger partial charge is 0.394 e. The van der Waals surface area contributed by atoms with Crippen molar-refractivity contribution in [2.24, 2.45) is 0 Å². The molecular formula is C13H24O10. The molecule has 136 valence electrons. The number of hydrogen-bond acceptors (Lipinski definition) is 10. The molecule has 0 spiro atoms. The van der Waals surface area contributed by atoms with Gasteiger partial charge in [0.2, 0.25) is 0 Å². The molecular weight excluding hydrogens is 316 g/mol. The van der Waals surface area contributed by atoms with Gasteiger partial charge in [-0.15, -0.1) is 0 Å². The maximum absolute atomic E-state index is 9.90. The van der Waals surface area contributed by atoms with Crippen molar-refractivity contribution in [2.45, 2.75) is 74.1 Å². The minimum atomic E-state index is -1.66. The molecule has 0 aromatic rings. The lowest BCUT2D eigenvalue weighted by Gasteiger charge is -2.42. The van der Waals surface area contributed by atoms with Crippen LogP contribution in [0.15, 0.2) is 0 Å². The zero-order chi connectivity index (χ0) is 17.3. The Kier molecular flexibility index (Phi) is 6.30. The maximum atomic E-state index is 9.90. The molecule has 0 aromatic heterocycles. The number of aliphatic hydroxyl groups excluding tert-OH is 8. The van der Waals surface area contributed by atoms with E-state index in [2.05, 4.69) is 0 Å². The lowest BCUT2D eigenvalue weighted by Crippen LogP contribution is -2.59. The summed E-state index contributed by atoms with van der Waals surface area (Å²) in [6, 6.07) is 0. The molecule has 2 heterocycles. The van der Waals surface area contributed by atoms with Gasteiger partial charge in [0, 0.05) is 0 Å². The Labute approximate surface area is 132 Å².